The Hall–Kier alpha value is -0.950. The van der Waals surface area contributed by atoms with Crippen molar-refractivity contribution in [2.45, 2.75) is 51.7 Å². The van der Waals surface area contributed by atoms with Gasteiger partial charge in [0.25, 0.3) is 0 Å². The first-order chi connectivity index (χ1) is 11.3. The zero-order valence-electron chi connectivity index (χ0n) is 15.6. The van der Waals surface area contributed by atoms with Crippen molar-refractivity contribution >= 4 is 30.7 Å². The lowest BCUT2D eigenvalue weighted by molar-refractivity contribution is -0.130. The highest BCUT2D eigenvalue weighted by atomic mass is 35.5. The molecule has 150 valence electrons. The van der Waals surface area contributed by atoms with Gasteiger partial charge in [-0.25, -0.2) is 4.39 Å². The first kappa shape index (κ1) is 25.1. The van der Waals surface area contributed by atoms with Gasteiger partial charge in [-0.3, -0.25) is 9.78 Å². The molecular formula is C18H30Cl2FN3O2. The summed E-state index contributed by atoms with van der Waals surface area (Å²) in [7, 11) is 0. The van der Waals surface area contributed by atoms with Crippen molar-refractivity contribution in [2.24, 2.45) is 5.92 Å². The predicted molar refractivity (Wildman–Crippen MR) is 105 cm³/mol. The summed E-state index contributed by atoms with van der Waals surface area (Å²) in [6, 6.07) is 1.31. The smallest absolute Gasteiger partial charge is 0.219 e. The number of hydrogen-bond acceptors (Lipinski definition) is 4. The highest BCUT2D eigenvalue weighted by Gasteiger charge is 2.27. The van der Waals surface area contributed by atoms with Crippen LogP contribution in [0.5, 0.6) is 0 Å². The van der Waals surface area contributed by atoms with Crippen molar-refractivity contribution in [1.82, 2.24) is 15.2 Å². The quantitative estimate of drug-likeness (QED) is 0.757. The van der Waals surface area contributed by atoms with Gasteiger partial charge < -0.3 is 15.3 Å². The lowest BCUT2D eigenvalue weighted by atomic mass is 9.84. The molecule has 2 N–H and O–H groups in total. The molecule has 1 aromatic heterocycles. The van der Waals surface area contributed by atoms with E-state index in [9.17, 15) is 14.3 Å². The summed E-state index contributed by atoms with van der Waals surface area (Å²) >= 11 is 0. The molecule has 1 aliphatic rings. The number of likely N-dealkylation sites (tertiary alicyclic amines) is 1. The van der Waals surface area contributed by atoms with Crippen molar-refractivity contribution in [2.75, 3.05) is 19.6 Å². The van der Waals surface area contributed by atoms with Crippen LogP contribution in [0.25, 0.3) is 0 Å². The molecule has 1 aliphatic heterocycles. The number of rotatable bonds is 6. The predicted octanol–water partition coefficient (Wildman–Crippen LogP) is 3.11. The minimum absolute atomic E-state index is 0. The molecule has 26 heavy (non-hydrogen) atoms. The standard InChI is InChI=1S/C18H28FN3O2.2ClH/c1-13(23)22-6-4-14(5-7-22)9-18(2,3)21-12-17(24)15-8-16(19)11-20-10-15;;/h8,10-11,14,17,21,24H,4-7,9,12H2,1-3H3;2*1H/t17-;;/m0../s1. The van der Waals surface area contributed by atoms with E-state index >= 15 is 0 Å². The number of halogens is 3. The molecule has 2 heterocycles. The van der Waals surface area contributed by atoms with Crippen molar-refractivity contribution in [3.8, 4) is 0 Å². The average molecular weight is 410 g/mol. The molecule has 0 unspecified atom stereocenters. The number of piperidine rings is 1. The Balaban J connectivity index is 0.00000312. The SMILES string of the molecule is CC(=O)N1CCC(CC(C)(C)NC[C@H](O)c2cncc(F)c2)CC1.Cl.Cl. The molecule has 2 rings (SSSR count). The summed E-state index contributed by atoms with van der Waals surface area (Å²) in [5, 5.41) is 13.6. The van der Waals surface area contributed by atoms with E-state index < -0.39 is 11.9 Å². The summed E-state index contributed by atoms with van der Waals surface area (Å²) in [5.74, 6) is 0.275. The van der Waals surface area contributed by atoms with Gasteiger partial charge in [0.1, 0.15) is 5.82 Å². The molecule has 1 aromatic rings. The number of hydrogen-bond donors (Lipinski definition) is 2. The van der Waals surface area contributed by atoms with Crippen LogP contribution in [-0.4, -0.2) is 46.1 Å². The Morgan fingerprint density at radius 1 is 1.38 bits per heavy atom. The summed E-state index contributed by atoms with van der Waals surface area (Å²) in [5.41, 5.74) is 0.346. The summed E-state index contributed by atoms with van der Waals surface area (Å²) in [6.07, 6.45) is 4.84. The van der Waals surface area contributed by atoms with Crippen LogP contribution in [0.2, 0.25) is 0 Å². The highest BCUT2D eigenvalue weighted by molar-refractivity contribution is 5.85. The van der Waals surface area contributed by atoms with Gasteiger partial charge in [0.15, 0.2) is 0 Å². The lowest BCUT2D eigenvalue weighted by Gasteiger charge is -2.36. The van der Waals surface area contributed by atoms with Gasteiger partial charge in [0.2, 0.25) is 5.91 Å². The van der Waals surface area contributed by atoms with Crippen LogP contribution < -0.4 is 5.32 Å². The molecule has 0 aliphatic carbocycles. The number of nitrogens with one attached hydrogen (secondary N) is 1. The molecule has 1 amide bonds. The first-order valence-corrected chi connectivity index (χ1v) is 8.56. The van der Waals surface area contributed by atoms with E-state index in [1.54, 1.807) is 6.92 Å². The fourth-order valence-electron chi connectivity index (χ4n) is 3.35. The molecule has 8 heteroatoms. The minimum Gasteiger partial charge on any atom is -0.387 e. The van der Waals surface area contributed by atoms with Crippen molar-refractivity contribution in [1.29, 1.82) is 0 Å². The number of pyridine rings is 1. The van der Waals surface area contributed by atoms with E-state index in [1.807, 2.05) is 4.90 Å². The number of nitrogens with zero attached hydrogens (tertiary/aromatic N) is 2. The summed E-state index contributed by atoms with van der Waals surface area (Å²) in [6.45, 7) is 7.85. The Bertz CT molecular complexity index is 567. The van der Waals surface area contributed by atoms with E-state index in [0.717, 1.165) is 38.5 Å². The second kappa shape index (κ2) is 11.0. The van der Waals surface area contributed by atoms with E-state index in [0.29, 0.717) is 18.0 Å². The van der Waals surface area contributed by atoms with Crippen LogP contribution in [0.3, 0.4) is 0 Å². The highest BCUT2D eigenvalue weighted by Crippen LogP contribution is 2.26. The molecule has 0 spiro atoms. The van der Waals surface area contributed by atoms with Crippen LogP contribution in [0.1, 0.15) is 51.7 Å². The van der Waals surface area contributed by atoms with Crippen molar-refractivity contribution in [3.05, 3.63) is 29.8 Å². The number of amides is 1. The molecule has 1 saturated heterocycles. The molecule has 1 atom stereocenters. The first-order valence-electron chi connectivity index (χ1n) is 8.56. The molecule has 5 nitrogen and oxygen atoms in total. The molecule has 1 fully saturated rings. The Morgan fingerprint density at radius 3 is 2.54 bits per heavy atom. The fraction of sp³-hybridized carbons (Fsp3) is 0.667. The van der Waals surface area contributed by atoms with Gasteiger partial charge >= 0.3 is 0 Å². The Kier molecular flexibility index (Phi) is 10.6. The van der Waals surface area contributed by atoms with Gasteiger partial charge in [0, 0.05) is 43.9 Å². The third-order valence-electron chi connectivity index (χ3n) is 4.74. The van der Waals surface area contributed by atoms with E-state index in [4.69, 9.17) is 0 Å². The second-order valence-electron chi connectivity index (χ2n) is 7.37. The maximum absolute atomic E-state index is 13.2. The number of aliphatic hydroxyl groups is 1. The third kappa shape index (κ3) is 7.74. The third-order valence-corrected chi connectivity index (χ3v) is 4.74. The molecule has 0 saturated carbocycles. The number of β-amino-alcohol motifs (C(OH)–C–C–N with tert-alkyl or cyclic N) is 1. The molecule has 0 bridgehead atoms. The molecular weight excluding hydrogens is 380 g/mol. The van der Waals surface area contributed by atoms with E-state index in [1.165, 1.54) is 12.3 Å². The monoisotopic (exact) mass is 409 g/mol. The largest absolute Gasteiger partial charge is 0.387 e. The Labute approximate surface area is 167 Å². The normalized spacial score (nSPS) is 16.4. The van der Waals surface area contributed by atoms with Gasteiger partial charge in [-0.2, -0.15) is 0 Å². The maximum atomic E-state index is 13.2. The number of aliphatic hydroxyl groups excluding tert-OH is 1. The molecule has 0 radical (unpaired) electrons. The number of carbonyl (C=O) groups is 1. The van der Waals surface area contributed by atoms with Crippen LogP contribution >= 0.6 is 24.8 Å². The number of carbonyl (C=O) groups excluding carboxylic acids is 1. The summed E-state index contributed by atoms with van der Waals surface area (Å²) < 4.78 is 13.2. The van der Waals surface area contributed by atoms with Gasteiger partial charge in [0.05, 0.1) is 12.3 Å². The van der Waals surface area contributed by atoms with Crippen molar-refractivity contribution in [3.63, 3.8) is 0 Å². The minimum atomic E-state index is -0.785. The zero-order valence-corrected chi connectivity index (χ0v) is 17.2. The average Bonchev–Trinajstić information content (AvgIpc) is 2.53. The lowest BCUT2D eigenvalue weighted by Crippen LogP contribution is -2.45. The van der Waals surface area contributed by atoms with Crippen LogP contribution in [-0.2, 0) is 4.79 Å². The Morgan fingerprint density at radius 2 is 2.00 bits per heavy atom. The van der Waals surface area contributed by atoms with E-state index in [-0.39, 0.29) is 36.3 Å². The van der Waals surface area contributed by atoms with Crippen molar-refractivity contribution < 1.29 is 14.3 Å². The van der Waals surface area contributed by atoms with Crippen LogP contribution in [0.4, 0.5) is 4.39 Å². The second-order valence-corrected chi connectivity index (χ2v) is 7.37. The topological polar surface area (TPSA) is 65.5 Å². The van der Waals surface area contributed by atoms with Gasteiger partial charge in [-0.1, -0.05) is 0 Å². The van der Waals surface area contributed by atoms with E-state index in [2.05, 4.69) is 24.1 Å². The van der Waals surface area contributed by atoms with Gasteiger partial charge in [-0.15, -0.1) is 24.8 Å². The zero-order chi connectivity index (χ0) is 17.7. The van der Waals surface area contributed by atoms with Crippen LogP contribution in [0.15, 0.2) is 18.5 Å². The fourth-order valence-corrected chi connectivity index (χ4v) is 3.35. The maximum Gasteiger partial charge on any atom is 0.219 e. The number of aromatic nitrogens is 1. The van der Waals surface area contributed by atoms with Gasteiger partial charge in [-0.05, 0) is 45.1 Å². The molecule has 0 aromatic carbocycles. The van der Waals surface area contributed by atoms with Crippen LogP contribution in [0, 0.1) is 11.7 Å². The summed E-state index contributed by atoms with van der Waals surface area (Å²) in [4.78, 5) is 17.1.